The quantitative estimate of drug-likeness (QED) is 0.706. The highest BCUT2D eigenvalue weighted by molar-refractivity contribution is 5.81. The Balaban J connectivity index is 2.23. The molecular weight excluding hydrogens is 232 g/mol. The summed E-state index contributed by atoms with van der Waals surface area (Å²) in [5, 5.41) is 17.6. The first-order chi connectivity index (χ1) is 8.67. The second-order valence-corrected chi connectivity index (χ2v) is 3.97. The van der Waals surface area contributed by atoms with E-state index < -0.39 is 5.97 Å². The molecule has 0 saturated carbocycles. The molecule has 0 radical (unpaired) electrons. The summed E-state index contributed by atoms with van der Waals surface area (Å²) in [6, 6.07) is 7.27. The lowest BCUT2D eigenvalue weighted by molar-refractivity contribution is -0.136. The Morgan fingerprint density at radius 1 is 1.56 bits per heavy atom. The van der Waals surface area contributed by atoms with Gasteiger partial charge in [0.2, 0.25) is 5.78 Å². The molecule has 2 N–H and O–H groups in total. The molecule has 0 spiro atoms. The molecule has 0 fully saturated rings. The van der Waals surface area contributed by atoms with E-state index >= 15 is 0 Å². The number of carboxylic acids is 1. The number of imidazole rings is 2. The molecule has 18 heavy (non-hydrogen) atoms. The molecule has 6 nitrogen and oxygen atoms in total. The van der Waals surface area contributed by atoms with Crippen molar-refractivity contribution in [2.24, 2.45) is 0 Å². The molecule has 2 aromatic heterocycles. The van der Waals surface area contributed by atoms with E-state index in [4.69, 9.17) is 10.4 Å². The van der Waals surface area contributed by atoms with Crippen molar-refractivity contribution in [3.63, 3.8) is 0 Å². The normalized spacial score (nSPS) is 10.8. The second-order valence-electron chi connectivity index (χ2n) is 3.97. The number of H-pyrrole nitrogens is 1. The monoisotopic (exact) mass is 240 g/mol. The molecular formula is C12H8N4O2. The topological polar surface area (TPSA) is 94.2 Å². The maximum absolute atomic E-state index is 10.6. The average molecular weight is 240 g/mol. The molecule has 0 atom stereocenters. The van der Waals surface area contributed by atoms with Crippen LogP contribution in [0.4, 0.5) is 0 Å². The SMILES string of the molecule is N#Cc1ccc2nc3[nH]c(CC(=O)O)cn3c2c1. The third kappa shape index (κ3) is 1.50. The molecule has 1 aromatic carbocycles. The molecule has 3 rings (SSSR count). The molecule has 0 aliphatic rings. The van der Waals surface area contributed by atoms with E-state index in [0.717, 1.165) is 11.0 Å². The third-order valence-electron chi connectivity index (χ3n) is 2.72. The van der Waals surface area contributed by atoms with Crippen molar-refractivity contribution in [1.82, 2.24) is 14.4 Å². The first-order valence-corrected chi connectivity index (χ1v) is 5.29. The van der Waals surface area contributed by atoms with E-state index in [-0.39, 0.29) is 6.42 Å². The summed E-state index contributed by atoms with van der Waals surface area (Å²) >= 11 is 0. The van der Waals surface area contributed by atoms with Crippen LogP contribution in [0.25, 0.3) is 16.8 Å². The summed E-state index contributed by atoms with van der Waals surface area (Å²) < 4.78 is 1.76. The molecule has 6 heteroatoms. The predicted molar refractivity (Wildman–Crippen MR) is 63.1 cm³/mol. The summed E-state index contributed by atoms with van der Waals surface area (Å²) in [4.78, 5) is 17.9. The third-order valence-corrected chi connectivity index (χ3v) is 2.72. The van der Waals surface area contributed by atoms with Crippen LogP contribution in [0.3, 0.4) is 0 Å². The number of fused-ring (bicyclic) bond motifs is 3. The summed E-state index contributed by atoms with van der Waals surface area (Å²) in [6.45, 7) is 0. The lowest BCUT2D eigenvalue weighted by atomic mass is 10.2. The van der Waals surface area contributed by atoms with Gasteiger partial charge in [0.05, 0.1) is 29.1 Å². The number of nitrogens with zero attached hydrogens (tertiary/aromatic N) is 3. The first-order valence-electron chi connectivity index (χ1n) is 5.29. The highest BCUT2D eigenvalue weighted by Gasteiger charge is 2.10. The fourth-order valence-corrected chi connectivity index (χ4v) is 1.97. The Bertz CT molecular complexity index is 807. The molecule has 0 amide bonds. The van der Waals surface area contributed by atoms with Gasteiger partial charge in [-0.25, -0.2) is 4.98 Å². The highest BCUT2D eigenvalue weighted by atomic mass is 16.4. The van der Waals surface area contributed by atoms with Crippen LogP contribution in [0.2, 0.25) is 0 Å². The average Bonchev–Trinajstić information content (AvgIpc) is 2.84. The largest absolute Gasteiger partial charge is 0.481 e. The number of hydrogen-bond donors (Lipinski definition) is 2. The number of nitriles is 1. The zero-order valence-electron chi connectivity index (χ0n) is 9.21. The fraction of sp³-hybridized carbons (Fsp3) is 0.0833. The van der Waals surface area contributed by atoms with Crippen molar-refractivity contribution >= 4 is 22.8 Å². The van der Waals surface area contributed by atoms with E-state index in [0.29, 0.717) is 17.0 Å². The van der Waals surface area contributed by atoms with Gasteiger partial charge in [-0.2, -0.15) is 5.26 Å². The van der Waals surface area contributed by atoms with Gasteiger partial charge in [-0.05, 0) is 18.2 Å². The van der Waals surface area contributed by atoms with Crippen LogP contribution < -0.4 is 0 Å². The molecule has 0 aliphatic heterocycles. The van der Waals surface area contributed by atoms with Gasteiger partial charge in [0.1, 0.15) is 0 Å². The maximum Gasteiger partial charge on any atom is 0.309 e. The Morgan fingerprint density at radius 3 is 3.11 bits per heavy atom. The van der Waals surface area contributed by atoms with Crippen LogP contribution >= 0.6 is 0 Å². The Hall–Kier alpha value is -2.81. The zero-order chi connectivity index (χ0) is 12.7. The number of aromatic amines is 1. The molecule has 0 aliphatic carbocycles. The number of benzene rings is 1. The first kappa shape index (κ1) is 10.4. The minimum absolute atomic E-state index is 0.0806. The van der Waals surface area contributed by atoms with Crippen LogP contribution in [-0.2, 0) is 11.2 Å². The lowest BCUT2D eigenvalue weighted by Gasteiger charge is -1.92. The molecule has 2 heterocycles. The Morgan fingerprint density at radius 2 is 2.39 bits per heavy atom. The summed E-state index contributed by atoms with van der Waals surface area (Å²) in [7, 11) is 0. The van der Waals surface area contributed by atoms with E-state index in [2.05, 4.69) is 16.0 Å². The number of hydrogen-bond acceptors (Lipinski definition) is 3. The maximum atomic E-state index is 10.6. The van der Waals surface area contributed by atoms with Gasteiger partial charge in [0.15, 0.2) is 0 Å². The van der Waals surface area contributed by atoms with Crippen LogP contribution in [-0.4, -0.2) is 25.4 Å². The van der Waals surface area contributed by atoms with E-state index in [9.17, 15) is 4.79 Å². The van der Waals surface area contributed by atoms with E-state index in [1.54, 1.807) is 28.8 Å². The molecule has 0 saturated heterocycles. The van der Waals surface area contributed by atoms with Crippen LogP contribution in [0.15, 0.2) is 24.4 Å². The van der Waals surface area contributed by atoms with Crippen LogP contribution in [0, 0.1) is 11.3 Å². The number of rotatable bonds is 2. The molecule has 3 aromatic rings. The smallest absolute Gasteiger partial charge is 0.309 e. The highest BCUT2D eigenvalue weighted by Crippen LogP contribution is 2.18. The van der Waals surface area contributed by atoms with Crippen molar-refractivity contribution in [3.8, 4) is 6.07 Å². The van der Waals surface area contributed by atoms with Crippen LogP contribution in [0.1, 0.15) is 11.3 Å². The summed E-state index contributed by atoms with van der Waals surface area (Å²) in [6.07, 6.45) is 1.61. The second kappa shape index (κ2) is 3.60. The van der Waals surface area contributed by atoms with Crippen molar-refractivity contribution in [2.75, 3.05) is 0 Å². The van der Waals surface area contributed by atoms with E-state index in [1.807, 2.05) is 0 Å². The molecule has 88 valence electrons. The molecule has 0 bridgehead atoms. The zero-order valence-corrected chi connectivity index (χ0v) is 9.21. The Labute approximate surface area is 101 Å². The summed E-state index contributed by atoms with van der Waals surface area (Å²) in [5.74, 6) is -0.321. The van der Waals surface area contributed by atoms with Crippen molar-refractivity contribution < 1.29 is 9.90 Å². The lowest BCUT2D eigenvalue weighted by Crippen LogP contribution is -1.99. The van der Waals surface area contributed by atoms with E-state index in [1.165, 1.54) is 0 Å². The van der Waals surface area contributed by atoms with Gasteiger partial charge >= 0.3 is 5.97 Å². The van der Waals surface area contributed by atoms with Crippen molar-refractivity contribution in [2.45, 2.75) is 6.42 Å². The minimum Gasteiger partial charge on any atom is -0.481 e. The number of aliphatic carboxylic acids is 1. The summed E-state index contributed by atoms with van der Waals surface area (Å²) in [5.41, 5.74) is 2.68. The fourth-order valence-electron chi connectivity index (χ4n) is 1.97. The van der Waals surface area contributed by atoms with Gasteiger partial charge in [-0.15, -0.1) is 0 Å². The van der Waals surface area contributed by atoms with Gasteiger partial charge in [-0.3, -0.25) is 9.20 Å². The van der Waals surface area contributed by atoms with Crippen molar-refractivity contribution in [3.05, 3.63) is 35.7 Å². The predicted octanol–water partition coefficient (Wildman–Crippen LogP) is 1.31. The number of carboxylic acid groups (broad SMARTS) is 1. The van der Waals surface area contributed by atoms with Gasteiger partial charge in [0, 0.05) is 11.9 Å². The number of aromatic nitrogens is 3. The Kier molecular flexibility index (Phi) is 2.07. The standard InChI is InChI=1S/C12H8N4O2/c13-5-7-1-2-9-10(3-7)16-6-8(4-11(17)18)14-12(16)15-9/h1-3,6H,4H2,(H,14,15)(H,17,18). The molecule has 0 unspecified atom stereocenters. The van der Waals surface area contributed by atoms with Gasteiger partial charge in [-0.1, -0.05) is 0 Å². The van der Waals surface area contributed by atoms with Crippen molar-refractivity contribution in [1.29, 1.82) is 5.26 Å². The van der Waals surface area contributed by atoms with Gasteiger partial charge < -0.3 is 10.1 Å². The minimum atomic E-state index is -0.901. The number of nitrogens with one attached hydrogen (secondary N) is 1. The van der Waals surface area contributed by atoms with Crippen LogP contribution in [0.5, 0.6) is 0 Å². The van der Waals surface area contributed by atoms with Gasteiger partial charge in [0.25, 0.3) is 0 Å². The number of carbonyl (C=O) groups is 1.